The lowest BCUT2D eigenvalue weighted by Gasteiger charge is -2.25. The molecule has 1 saturated heterocycles. The fourth-order valence-electron chi connectivity index (χ4n) is 4.11. The van der Waals surface area contributed by atoms with Crippen LogP contribution in [0.1, 0.15) is 31.2 Å². The van der Waals surface area contributed by atoms with E-state index in [-0.39, 0.29) is 0 Å². The molecule has 2 aromatic carbocycles. The van der Waals surface area contributed by atoms with E-state index < -0.39 is 36.0 Å². The number of carbonyl (C=O) groups excluding carboxylic acids is 3. The molecule has 2 aliphatic heterocycles. The first-order valence-corrected chi connectivity index (χ1v) is 10.7. The van der Waals surface area contributed by atoms with Crippen molar-refractivity contribution in [3.05, 3.63) is 59.9 Å². The number of carbonyl (C=O) groups is 3. The van der Waals surface area contributed by atoms with Crippen LogP contribution in [0.5, 0.6) is 11.5 Å². The van der Waals surface area contributed by atoms with E-state index in [2.05, 4.69) is 10.6 Å². The highest BCUT2D eigenvalue weighted by Crippen LogP contribution is 2.36. The van der Waals surface area contributed by atoms with Crippen LogP contribution in [-0.2, 0) is 15.1 Å². The minimum Gasteiger partial charge on any atom is -0.486 e. The SMILES string of the molecule is C[C@H](NC(=O)CN1C(=O)N[C@@](C)(c2ccc3c(c2)OCCO3)C1=O)c1cc2ccccc2o1. The fourth-order valence-corrected chi connectivity index (χ4v) is 4.11. The number of hydrogen-bond donors (Lipinski definition) is 2. The second-order valence-electron chi connectivity index (χ2n) is 8.28. The minimum atomic E-state index is -1.32. The van der Waals surface area contributed by atoms with Crippen molar-refractivity contribution in [1.29, 1.82) is 0 Å². The number of nitrogens with zero attached hydrogens (tertiary/aromatic N) is 1. The van der Waals surface area contributed by atoms with Gasteiger partial charge < -0.3 is 24.5 Å². The third-order valence-corrected chi connectivity index (χ3v) is 5.95. The van der Waals surface area contributed by atoms with Gasteiger partial charge in [0, 0.05) is 5.39 Å². The number of urea groups is 1. The molecule has 5 rings (SSSR count). The molecule has 3 aromatic rings. The lowest BCUT2D eigenvalue weighted by Crippen LogP contribution is -2.43. The molecular weight excluding hydrogens is 426 g/mol. The van der Waals surface area contributed by atoms with Crippen LogP contribution in [0, 0.1) is 0 Å². The number of amides is 4. The highest BCUT2D eigenvalue weighted by Gasteiger charge is 2.49. The lowest BCUT2D eigenvalue weighted by atomic mass is 9.91. The second-order valence-corrected chi connectivity index (χ2v) is 8.28. The number of imide groups is 1. The summed E-state index contributed by atoms with van der Waals surface area (Å²) in [6.07, 6.45) is 0. The Labute approximate surface area is 189 Å². The molecule has 0 unspecified atom stereocenters. The zero-order valence-corrected chi connectivity index (χ0v) is 18.2. The van der Waals surface area contributed by atoms with Crippen LogP contribution >= 0.6 is 0 Å². The Morgan fingerprint density at radius 2 is 1.88 bits per heavy atom. The molecular formula is C24H23N3O6. The predicted molar refractivity (Wildman–Crippen MR) is 118 cm³/mol. The normalized spacial score (nSPS) is 20.6. The van der Waals surface area contributed by atoms with Gasteiger partial charge in [-0.25, -0.2) is 4.79 Å². The van der Waals surface area contributed by atoms with Crippen LogP contribution in [0.4, 0.5) is 4.79 Å². The van der Waals surface area contributed by atoms with Crippen molar-refractivity contribution in [3.63, 3.8) is 0 Å². The van der Waals surface area contributed by atoms with Gasteiger partial charge in [0.15, 0.2) is 11.5 Å². The summed E-state index contributed by atoms with van der Waals surface area (Å²) >= 11 is 0. The van der Waals surface area contributed by atoms with Gasteiger partial charge in [-0.1, -0.05) is 24.3 Å². The Hall–Kier alpha value is -4.01. The van der Waals surface area contributed by atoms with Crippen LogP contribution in [0.15, 0.2) is 52.9 Å². The summed E-state index contributed by atoms with van der Waals surface area (Å²) < 4.78 is 16.9. The molecule has 0 bridgehead atoms. The molecule has 3 heterocycles. The third-order valence-electron chi connectivity index (χ3n) is 5.95. The van der Waals surface area contributed by atoms with Gasteiger partial charge in [-0.05, 0) is 43.7 Å². The first kappa shape index (κ1) is 20.9. The number of benzene rings is 2. The highest BCUT2D eigenvalue weighted by molar-refractivity contribution is 6.09. The minimum absolute atomic E-state index is 0.406. The number of rotatable bonds is 5. The molecule has 0 spiro atoms. The van der Waals surface area contributed by atoms with Gasteiger partial charge in [0.05, 0.1) is 6.04 Å². The largest absolute Gasteiger partial charge is 0.486 e. The first-order valence-electron chi connectivity index (χ1n) is 10.7. The van der Waals surface area contributed by atoms with Crippen LogP contribution in [0.2, 0.25) is 0 Å². The van der Waals surface area contributed by atoms with Crippen molar-refractivity contribution in [2.75, 3.05) is 19.8 Å². The Kier molecular flexibility index (Phi) is 4.96. The number of ether oxygens (including phenoxy) is 2. The predicted octanol–water partition coefficient (Wildman–Crippen LogP) is 2.85. The van der Waals surface area contributed by atoms with Gasteiger partial charge in [-0.15, -0.1) is 0 Å². The molecule has 2 aliphatic rings. The van der Waals surface area contributed by atoms with Crippen LogP contribution in [0.3, 0.4) is 0 Å². The maximum absolute atomic E-state index is 13.2. The van der Waals surface area contributed by atoms with E-state index in [0.29, 0.717) is 36.0 Å². The summed E-state index contributed by atoms with van der Waals surface area (Å²) in [4.78, 5) is 39.4. The molecule has 9 nitrogen and oxygen atoms in total. The molecule has 2 N–H and O–H groups in total. The Bertz CT molecular complexity index is 1240. The van der Waals surface area contributed by atoms with E-state index in [0.717, 1.165) is 15.9 Å². The Morgan fingerprint density at radius 3 is 2.67 bits per heavy atom. The molecule has 2 atom stereocenters. The summed E-state index contributed by atoms with van der Waals surface area (Å²) in [5, 5.41) is 6.42. The number of nitrogens with one attached hydrogen (secondary N) is 2. The maximum atomic E-state index is 13.2. The molecule has 4 amide bonds. The van der Waals surface area contributed by atoms with Crippen molar-refractivity contribution in [2.45, 2.75) is 25.4 Å². The molecule has 0 saturated carbocycles. The quantitative estimate of drug-likeness (QED) is 0.580. The van der Waals surface area contributed by atoms with E-state index in [1.165, 1.54) is 0 Å². The molecule has 33 heavy (non-hydrogen) atoms. The zero-order chi connectivity index (χ0) is 23.2. The van der Waals surface area contributed by atoms with Gasteiger partial charge in [-0.3, -0.25) is 14.5 Å². The topological polar surface area (TPSA) is 110 Å². The van der Waals surface area contributed by atoms with Crippen molar-refractivity contribution in [1.82, 2.24) is 15.5 Å². The maximum Gasteiger partial charge on any atom is 0.325 e. The number of fused-ring (bicyclic) bond motifs is 2. The monoisotopic (exact) mass is 449 g/mol. The zero-order valence-electron chi connectivity index (χ0n) is 18.2. The van der Waals surface area contributed by atoms with Gasteiger partial charge in [-0.2, -0.15) is 0 Å². The molecule has 1 aromatic heterocycles. The third kappa shape index (κ3) is 3.65. The van der Waals surface area contributed by atoms with Gasteiger partial charge in [0.2, 0.25) is 5.91 Å². The van der Waals surface area contributed by atoms with Crippen molar-refractivity contribution >= 4 is 28.8 Å². The van der Waals surface area contributed by atoms with Gasteiger partial charge in [0.25, 0.3) is 5.91 Å². The van der Waals surface area contributed by atoms with Crippen molar-refractivity contribution in [3.8, 4) is 11.5 Å². The van der Waals surface area contributed by atoms with Crippen molar-refractivity contribution < 1.29 is 28.3 Å². The van der Waals surface area contributed by atoms with Crippen molar-refractivity contribution in [2.24, 2.45) is 0 Å². The Balaban J connectivity index is 1.29. The highest BCUT2D eigenvalue weighted by atomic mass is 16.6. The average molecular weight is 449 g/mol. The molecule has 170 valence electrons. The second kappa shape index (κ2) is 7.84. The van der Waals surface area contributed by atoms with Gasteiger partial charge >= 0.3 is 6.03 Å². The summed E-state index contributed by atoms with van der Waals surface area (Å²) in [5.74, 6) is 0.690. The number of furan rings is 1. The summed E-state index contributed by atoms with van der Waals surface area (Å²) in [6.45, 7) is 3.83. The summed E-state index contributed by atoms with van der Waals surface area (Å²) in [7, 11) is 0. The van der Waals surface area contributed by atoms with Crippen LogP contribution in [-0.4, -0.2) is 42.5 Å². The molecule has 1 fully saturated rings. The smallest absolute Gasteiger partial charge is 0.325 e. The number of hydrogen-bond acceptors (Lipinski definition) is 6. The van der Waals surface area contributed by atoms with E-state index in [1.807, 2.05) is 30.3 Å². The van der Waals surface area contributed by atoms with E-state index >= 15 is 0 Å². The summed E-state index contributed by atoms with van der Waals surface area (Å²) in [5.41, 5.74) is -0.0566. The standard InChI is InChI=1S/C24H23N3O6/c1-14(19-11-15-5-3-4-6-17(15)33-19)25-21(28)13-27-22(29)24(2,26-23(27)30)16-7-8-18-20(12-16)32-10-9-31-18/h3-8,11-12,14H,9-10,13H2,1-2H3,(H,25,28)(H,26,30)/t14-,24-/m0/s1. The van der Waals surface area contributed by atoms with E-state index in [9.17, 15) is 14.4 Å². The lowest BCUT2D eigenvalue weighted by molar-refractivity contribution is -0.135. The summed E-state index contributed by atoms with van der Waals surface area (Å²) in [6, 6.07) is 13.4. The van der Waals surface area contributed by atoms with Crippen LogP contribution in [0.25, 0.3) is 11.0 Å². The van der Waals surface area contributed by atoms with Gasteiger partial charge in [0.1, 0.15) is 36.6 Å². The molecule has 0 aliphatic carbocycles. The average Bonchev–Trinajstić information content (AvgIpc) is 3.34. The van der Waals surface area contributed by atoms with E-state index in [4.69, 9.17) is 13.9 Å². The first-order chi connectivity index (χ1) is 15.8. The Morgan fingerprint density at radius 1 is 1.12 bits per heavy atom. The number of para-hydroxylation sites is 1. The molecule has 0 radical (unpaired) electrons. The van der Waals surface area contributed by atoms with Crippen LogP contribution < -0.4 is 20.1 Å². The van der Waals surface area contributed by atoms with E-state index in [1.54, 1.807) is 32.0 Å². The molecule has 9 heteroatoms. The fraction of sp³-hybridized carbons (Fsp3) is 0.292.